The minimum absolute atomic E-state index is 0.105. The minimum atomic E-state index is 0.105. The van der Waals surface area contributed by atoms with Crippen LogP contribution in [0.3, 0.4) is 0 Å². The molecule has 2 rings (SSSR count). The van der Waals surface area contributed by atoms with E-state index < -0.39 is 0 Å². The number of halogens is 3. The first-order chi connectivity index (χ1) is 8.56. The van der Waals surface area contributed by atoms with Crippen LogP contribution in [0.5, 0.6) is 0 Å². The number of rotatable bonds is 4. The lowest BCUT2D eigenvalue weighted by Gasteiger charge is -2.01. The summed E-state index contributed by atoms with van der Waals surface area (Å²) < 4.78 is 1.82. The van der Waals surface area contributed by atoms with E-state index in [1.54, 1.807) is 0 Å². The third-order valence-electron chi connectivity index (χ3n) is 2.12. The summed E-state index contributed by atoms with van der Waals surface area (Å²) in [5, 5.41) is 0.687. The van der Waals surface area contributed by atoms with Crippen LogP contribution in [-0.4, -0.2) is 11.5 Å². The highest BCUT2D eigenvalue weighted by Crippen LogP contribution is 2.33. The molecule has 0 N–H and O–H groups in total. The van der Waals surface area contributed by atoms with E-state index in [9.17, 15) is 4.79 Å². The molecule has 1 aromatic carbocycles. The Morgan fingerprint density at radius 3 is 2.72 bits per heavy atom. The largest absolute Gasteiger partial charge is 0.293 e. The Labute approximate surface area is 135 Å². The SMILES string of the molecule is O=C(CSc1cccc(Cl)c1)c1cc(Br)sc1Br. The maximum absolute atomic E-state index is 12.0. The lowest BCUT2D eigenvalue weighted by atomic mass is 10.2. The van der Waals surface area contributed by atoms with Crippen LogP contribution in [0.4, 0.5) is 0 Å². The second-order valence-corrected chi connectivity index (χ2v) is 8.64. The Morgan fingerprint density at radius 2 is 2.11 bits per heavy atom. The van der Waals surface area contributed by atoms with Gasteiger partial charge < -0.3 is 0 Å². The van der Waals surface area contributed by atoms with Crippen LogP contribution in [0.15, 0.2) is 42.8 Å². The Morgan fingerprint density at radius 1 is 1.33 bits per heavy atom. The molecule has 0 aliphatic rings. The molecule has 0 saturated heterocycles. The third kappa shape index (κ3) is 3.84. The highest BCUT2D eigenvalue weighted by atomic mass is 79.9. The Hall–Kier alpha value is 0.190. The number of hydrogen-bond acceptors (Lipinski definition) is 3. The predicted molar refractivity (Wildman–Crippen MR) is 86.2 cm³/mol. The van der Waals surface area contributed by atoms with Gasteiger partial charge in [0.25, 0.3) is 0 Å². The molecular formula is C12H7Br2ClOS2. The number of thioether (sulfide) groups is 1. The summed E-state index contributed by atoms with van der Waals surface area (Å²) >= 11 is 15.7. The number of ketones is 1. The van der Waals surface area contributed by atoms with Crippen molar-refractivity contribution in [3.63, 3.8) is 0 Å². The summed E-state index contributed by atoms with van der Waals surface area (Å²) in [5.74, 6) is 0.510. The molecule has 0 radical (unpaired) electrons. The average Bonchev–Trinajstić information content (AvgIpc) is 2.66. The molecule has 0 aliphatic heterocycles. The van der Waals surface area contributed by atoms with Gasteiger partial charge in [0.05, 0.1) is 13.3 Å². The van der Waals surface area contributed by atoms with Gasteiger partial charge in [-0.1, -0.05) is 17.7 Å². The maximum atomic E-state index is 12.0. The van der Waals surface area contributed by atoms with Crippen molar-refractivity contribution < 1.29 is 4.79 Å². The summed E-state index contributed by atoms with van der Waals surface area (Å²) in [6.07, 6.45) is 0. The number of carbonyl (C=O) groups excluding carboxylic acids is 1. The molecule has 0 aliphatic carbocycles. The second-order valence-electron chi connectivity index (χ2n) is 3.41. The van der Waals surface area contributed by atoms with E-state index >= 15 is 0 Å². The summed E-state index contributed by atoms with van der Waals surface area (Å²) in [6.45, 7) is 0. The predicted octanol–water partition coefficient (Wildman–Crippen LogP) is 5.90. The van der Waals surface area contributed by atoms with E-state index in [4.69, 9.17) is 11.6 Å². The summed E-state index contributed by atoms with van der Waals surface area (Å²) in [5.41, 5.74) is 0.724. The first-order valence-corrected chi connectivity index (χ1v) is 8.69. The van der Waals surface area contributed by atoms with Crippen LogP contribution in [0.2, 0.25) is 5.02 Å². The second kappa shape index (κ2) is 6.57. The third-order valence-corrected chi connectivity index (χ3v) is 5.69. The fraction of sp³-hybridized carbons (Fsp3) is 0.0833. The van der Waals surface area contributed by atoms with Crippen molar-refractivity contribution >= 4 is 72.3 Å². The Balaban J connectivity index is 2.03. The van der Waals surface area contributed by atoms with E-state index in [1.807, 2.05) is 30.3 Å². The molecule has 18 heavy (non-hydrogen) atoms. The number of hydrogen-bond donors (Lipinski definition) is 0. The molecule has 0 fully saturated rings. The molecule has 1 nitrogen and oxygen atoms in total. The molecule has 1 heterocycles. The molecule has 2 aromatic rings. The smallest absolute Gasteiger partial charge is 0.175 e. The first kappa shape index (κ1) is 14.6. The zero-order chi connectivity index (χ0) is 13.1. The maximum Gasteiger partial charge on any atom is 0.175 e. The summed E-state index contributed by atoms with van der Waals surface area (Å²) in [4.78, 5) is 13.0. The van der Waals surface area contributed by atoms with Crippen LogP contribution < -0.4 is 0 Å². The summed E-state index contributed by atoms with van der Waals surface area (Å²) in [7, 11) is 0. The molecule has 0 unspecified atom stereocenters. The topological polar surface area (TPSA) is 17.1 Å². The number of carbonyl (C=O) groups is 1. The fourth-order valence-electron chi connectivity index (χ4n) is 1.31. The number of thiophene rings is 1. The van der Waals surface area contributed by atoms with Crippen molar-refractivity contribution in [3.8, 4) is 0 Å². The van der Waals surface area contributed by atoms with Gasteiger partial charge in [-0.05, 0) is 56.1 Å². The molecule has 0 saturated carbocycles. The quantitative estimate of drug-likeness (QED) is 0.447. The van der Waals surface area contributed by atoms with E-state index in [2.05, 4.69) is 31.9 Å². The van der Waals surface area contributed by atoms with Gasteiger partial charge in [0, 0.05) is 15.5 Å². The standard InChI is InChI=1S/C12H7Br2ClOS2/c13-11-5-9(12(14)18-11)10(16)6-17-8-3-1-2-7(15)4-8/h1-5H,6H2. The van der Waals surface area contributed by atoms with Gasteiger partial charge in [-0.15, -0.1) is 23.1 Å². The van der Waals surface area contributed by atoms with Crippen LogP contribution in [0, 0.1) is 0 Å². The van der Waals surface area contributed by atoms with Gasteiger partial charge in [0.1, 0.15) is 0 Å². The van der Waals surface area contributed by atoms with Gasteiger partial charge in [-0.2, -0.15) is 0 Å². The van der Waals surface area contributed by atoms with Crippen LogP contribution in [0.1, 0.15) is 10.4 Å². The monoisotopic (exact) mass is 424 g/mol. The van der Waals surface area contributed by atoms with Gasteiger partial charge in [0.2, 0.25) is 0 Å². The van der Waals surface area contributed by atoms with E-state index in [0.29, 0.717) is 10.8 Å². The zero-order valence-corrected chi connectivity index (χ0v) is 14.5. The zero-order valence-electron chi connectivity index (χ0n) is 8.95. The van der Waals surface area contributed by atoms with E-state index in [0.717, 1.165) is 18.0 Å². The van der Waals surface area contributed by atoms with Gasteiger partial charge in [0.15, 0.2) is 5.78 Å². The summed E-state index contributed by atoms with van der Waals surface area (Å²) in [6, 6.07) is 9.35. The first-order valence-electron chi connectivity index (χ1n) is 4.92. The van der Waals surface area contributed by atoms with Crippen LogP contribution in [-0.2, 0) is 0 Å². The van der Waals surface area contributed by atoms with Gasteiger partial charge in [-0.25, -0.2) is 0 Å². The molecule has 0 atom stereocenters. The van der Waals surface area contributed by atoms with Crippen molar-refractivity contribution in [2.75, 3.05) is 5.75 Å². The lowest BCUT2D eigenvalue weighted by Crippen LogP contribution is -2.01. The molecule has 1 aromatic heterocycles. The highest BCUT2D eigenvalue weighted by molar-refractivity contribution is 9.12. The van der Waals surface area contributed by atoms with Crippen molar-refractivity contribution in [3.05, 3.63) is 48.5 Å². The van der Waals surface area contributed by atoms with Crippen molar-refractivity contribution in [1.82, 2.24) is 0 Å². The normalized spacial score (nSPS) is 10.6. The highest BCUT2D eigenvalue weighted by Gasteiger charge is 2.13. The Bertz CT molecular complexity index is 583. The number of Topliss-reactive ketones (excluding diaryl/α,β-unsaturated/α-hetero) is 1. The van der Waals surface area contributed by atoms with E-state index in [-0.39, 0.29) is 5.78 Å². The van der Waals surface area contributed by atoms with Crippen LogP contribution in [0.25, 0.3) is 0 Å². The fourth-order valence-corrected chi connectivity index (χ4v) is 5.26. The van der Waals surface area contributed by atoms with Gasteiger partial charge in [-0.3, -0.25) is 4.79 Å². The molecular weight excluding hydrogens is 420 g/mol. The van der Waals surface area contributed by atoms with E-state index in [1.165, 1.54) is 23.1 Å². The molecule has 0 bridgehead atoms. The number of benzene rings is 1. The molecule has 0 amide bonds. The van der Waals surface area contributed by atoms with Crippen molar-refractivity contribution in [2.24, 2.45) is 0 Å². The lowest BCUT2D eigenvalue weighted by molar-refractivity contribution is 0.102. The molecule has 94 valence electrons. The average molecular weight is 427 g/mol. The van der Waals surface area contributed by atoms with Gasteiger partial charge >= 0.3 is 0 Å². The molecule has 0 spiro atoms. The Kier molecular flexibility index (Phi) is 5.33. The molecule has 6 heteroatoms. The van der Waals surface area contributed by atoms with Crippen molar-refractivity contribution in [2.45, 2.75) is 4.90 Å². The minimum Gasteiger partial charge on any atom is -0.293 e. The van der Waals surface area contributed by atoms with Crippen LogP contribution >= 0.6 is 66.6 Å². The van der Waals surface area contributed by atoms with Crippen molar-refractivity contribution in [1.29, 1.82) is 0 Å².